The first-order chi connectivity index (χ1) is 6.83. The van der Waals surface area contributed by atoms with Crippen LogP contribution in [0.25, 0.3) is 10.8 Å². The molecule has 0 saturated carbocycles. The number of carbonyl (C=O) groups is 1. The molecule has 1 N–H and O–H groups in total. The van der Waals surface area contributed by atoms with Crippen molar-refractivity contribution in [3.8, 4) is 0 Å². The fourth-order valence-corrected chi connectivity index (χ4v) is 1.45. The van der Waals surface area contributed by atoms with E-state index >= 15 is 0 Å². The van der Waals surface area contributed by atoms with Gasteiger partial charge in [0, 0.05) is 51.4 Å². The third-order valence-electron chi connectivity index (χ3n) is 2.09. The monoisotopic (exact) mass is 227 g/mol. The van der Waals surface area contributed by atoms with E-state index in [0.29, 0.717) is 5.56 Å². The molecule has 0 spiro atoms. The van der Waals surface area contributed by atoms with Crippen molar-refractivity contribution in [1.82, 2.24) is 0 Å². The van der Waals surface area contributed by atoms with Crippen LogP contribution in [0.1, 0.15) is 10.4 Å². The molecule has 0 aliphatic rings. The fraction of sp³-hybridized carbons (Fsp3) is 0. The Labute approximate surface area is 129 Å². The van der Waals surface area contributed by atoms with Crippen LogP contribution in [-0.4, -0.2) is 62.6 Å². The summed E-state index contributed by atoms with van der Waals surface area (Å²) >= 11 is 0. The van der Waals surface area contributed by atoms with Gasteiger partial charge in [-0.1, -0.05) is 36.4 Å². The van der Waals surface area contributed by atoms with E-state index in [2.05, 4.69) is 4.89 Å². The Balaban J connectivity index is 0.00000112. The molecule has 0 saturated heterocycles. The van der Waals surface area contributed by atoms with Gasteiger partial charge in [-0.2, -0.15) is 5.26 Å². The van der Waals surface area contributed by atoms with Crippen LogP contribution in [0.5, 0.6) is 0 Å². The maximum Gasteiger partial charge on any atom is 0.373 e. The second kappa shape index (κ2) is 5.74. The Bertz CT molecular complexity index is 477. The molecule has 0 unspecified atom stereocenters. The van der Waals surface area contributed by atoms with Gasteiger partial charge in [0.25, 0.3) is 0 Å². The molecule has 0 aliphatic carbocycles. The molecule has 0 heterocycles. The normalized spacial score (nSPS) is 9.40. The molecule has 71 valence electrons. The molecule has 0 bridgehead atoms. The van der Waals surface area contributed by atoms with Crippen LogP contribution in [0, 0.1) is 0 Å². The molecule has 2 aromatic rings. The summed E-state index contributed by atoms with van der Waals surface area (Å²) in [7, 11) is 0. The number of carbonyl (C=O) groups excluding carboxylic acids is 1. The zero-order valence-electron chi connectivity index (χ0n) is 8.31. The third kappa shape index (κ3) is 2.66. The number of hydrogen-bond acceptors (Lipinski definition) is 3. The van der Waals surface area contributed by atoms with Crippen LogP contribution in [0.2, 0.25) is 0 Å². The minimum Gasteiger partial charge on any atom is -0.295 e. The molecule has 2 rings (SSSR count). The summed E-state index contributed by atoms with van der Waals surface area (Å²) in [6.45, 7) is 0. The predicted molar refractivity (Wildman–Crippen MR) is 57.7 cm³/mol. The van der Waals surface area contributed by atoms with E-state index in [9.17, 15) is 4.79 Å². The van der Waals surface area contributed by atoms with Gasteiger partial charge < -0.3 is 0 Å². The van der Waals surface area contributed by atoms with E-state index < -0.39 is 5.97 Å². The van der Waals surface area contributed by atoms with Crippen molar-refractivity contribution in [3.05, 3.63) is 48.0 Å². The maximum absolute atomic E-state index is 11.2. The van der Waals surface area contributed by atoms with Crippen LogP contribution in [0.4, 0.5) is 0 Å². The largest absolute Gasteiger partial charge is 0.373 e. The summed E-state index contributed by atoms with van der Waals surface area (Å²) in [6, 6.07) is 12.7. The minimum atomic E-state index is -0.734. The summed E-state index contributed by atoms with van der Waals surface area (Å²) in [5.74, 6) is -0.734. The van der Waals surface area contributed by atoms with E-state index in [1.165, 1.54) is 0 Å². The number of fused-ring (bicyclic) bond motifs is 1. The average molecular weight is 227 g/mol. The van der Waals surface area contributed by atoms with E-state index in [1.807, 2.05) is 30.3 Å². The van der Waals surface area contributed by atoms with Crippen LogP contribution >= 0.6 is 0 Å². The first-order valence-corrected chi connectivity index (χ1v) is 4.16. The topological polar surface area (TPSA) is 46.5 Å². The molecule has 15 heavy (non-hydrogen) atoms. The van der Waals surface area contributed by atoms with Crippen LogP contribution in [-0.2, 0) is 4.89 Å². The van der Waals surface area contributed by atoms with E-state index in [-0.39, 0.29) is 51.4 Å². The number of hydrogen-bond donors (Lipinski definition) is 1. The molecule has 0 aliphatic heterocycles. The van der Waals surface area contributed by atoms with Crippen molar-refractivity contribution in [2.45, 2.75) is 0 Å². The van der Waals surface area contributed by atoms with Gasteiger partial charge in [0.1, 0.15) is 0 Å². The van der Waals surface area contributed by atoms with Gasteiger partial charge in [-0.3, -0.25) is 4.89 Å². The van der Waals surface area contributed by atoms with E-state index in [0.717, 1.165) is 10.8 Å². The van der Waals surface area contributed by atoms with Crippen molar-refractivity contribution >= 4 is 68.1 Å². The zero-order valence-corrected chi connectivity index (χ0v) is 11.4. The SMILES string of the molecule is O=C(OO)c1cccc2ccccc12.[K]. The molecular formula is C11H8KO3. The molecule has 1 radical (unpaired) electrons. The second-order valence-corrected chi connectivity index (χ2v) is 2.91. The first-order valence-electron chi connectivity index (χ1n) is 4.16. The fourth-order valence-electron chi connectivity index (χ4n) is 1.45. The quantitative estimate of drug-likeness (QED) is 0.461. The Morgan fingerprint density at radius 1 is 1.07 bits per heavy atom. The Hall–Kier alpha value is -0.234. The van der Waals surface area contributed by atoms with Crippen molar-refractivity contribution in [3.63, 3.8) is 0 Å². The first kappa shape index (κ1) is 12.8. The number of benzene rings is 2. The Morgan fingerprint density at radius 2 is 1.73 bits per heavy atom. The zero-order chi connectivity index (χ0) is 9.97. The van der Waals surface area contributed by atoms with Crippen molar-refractivity contribution in [1.29, 1.82) is 0 Å². The molecule has 0 amide bonds. The molecule has 4 heteroatoms. The summed E-state index contributed by atoms with van der Waals surface area (Å²) in [6.07, 6.45) is 0. The molecule has 3 nitrogen and oxygen atoms in total. The van der Waals surface area contributed by atoms with Crippen LogP contribution in [0.15, 0.2) is 42.5 Å². The Kier molecular flexibility index (Phi) is 4.91. The van der Waals surface area contributed by atoms with Crippen molar-refractivity contribution in [2.75, 3.05) is 0 Å². The van der Waals surface area contributed by atoms with Gasteiger partial charge in [-0.15, -0.1) is 0 Å². The summed E-state index contributed by atoms with van der Waals surface area (Å²) < 4.78 is 0. The summed E-state index contributed by atoms with van der Waals surface area (Å²) in [4.78, 5) is 14.9. The van der Waals surface area contributed by atoms with Gasteiger partial charge in [-0.05, 0) is 16.8 Å². The maximum atomic E-state index is 11.2. The minimum absolute atomic E-state index is 0. The summed E-state index contributed by atoms with van der Waals surface area (Å²) in [5, 5.41) is 10.0. The smallest absolute Gasteiger partial charge is 0.295 e. The van der Waals surface area contributed by atoms with Gasteiger partial charge >= 0.3 is 5.97 Å². The van der Waals surface area contributed by atoms with E-state index in [4.69, 9.17) is 5.26 Å². The van der Waals surface area contributed by atoms with Gasteiger partial charge in [-0.25, -0.2) is 4.79 Å². The van der Waals surface area contributed by atoms with Crippen LogP contribution in [0.3, 0.4) is 0 Å². The van der Waals surface area contributed by atoms with Gasteiger partial charge in [0.2, 0.25) is 0 Å². The average Bonchev–Trinajstić information content (AvgIpc) is 2.27. The van der Waals surface area contributed by atoms with Crippen molar-refractivity contribution < 1.29 is 14.9 Å². The predicted octanol–water partition coefficient (Wildman–Crippen LogP) is 2.09. The molecular weight excluding hydrogens is 219 g/mol. The molecule has 0 fully saturated rings. The number of rotatable bonds is 1. The molecule has 2 aromatic carbocycles. The van der Waals surface area contributed by atoms with Gasteiger partial charge in [0.15, 0.2) is 0 Å². The molecule has 0 aromatic heterocycles. The van der Waals surface area contributed by atoms with Crippen LogP contribution < -0.4 is 0 Å². The van der Waals surface area contributed by atoms with E-state index in [1.54, 1.807) is 12.1 Å². The standard InChI is InChI=1S/C11H8O3.K/c12-11(14-13)10-7-3-5-8-4-1-2-6-9(8)10;/h1-7,13H;. The Morgan fingerprint density at radius 3 is 2.47 bits per heavy atom. The third-order valence-corrected chi connectivity index (χ3v) is 2.09. The summed E-state index contributed by atoms with van der Waals surface area (Å²) in [5.41, 5.74) is 0.366. The molecule has 0 atom stereocenters. The van der Waals surface area contributed by atoms with Gasteiger partial charge in [0.05, 0.1) is 5.56 Å². The second-order valence-electron chi connectivity index (χ2n) is 2.91. The van der Waals surface area contributed by atoms with Crippen molar-refractivity contribution in [2.24, 2.45) is 0 Å².